The van der Waals surface area contributed by atoms with Crippen LogP contribution in [-0.2, 0) is 31.5 Å². The second-order valence-corrected chi connectivity index (χ2v) is 6.42. The lowest BCUT2D eigenvalue weighted by atomic mass is 9.96. The second kappa shape index (κ2) is 7.09. The van der Waals surface area contributed by atoms with Crippen molar-refractivity contribution in [1.29, 1.82) is 0 Å². The molecule has 0 fully saturated rings. The number of amides is 1. The number of rotatable bonds is 5. The first kappa shape index (κ1) is 16.5. The molecule has 4 rings (SSSR count). The quantitative estimate of drug-likeness (QED) is 0.743. The van der Waals surface area contributed by atoms with Crippen molar-refractivity contribution in [2.75, 3.05) is 6.54 Å². The fraction of sp³-hybridized carbons (Fsp3) is 0.333. The van der Waals surface area contributed by atoms with Crippen molar-refractivity contribution < 1.29 is 9.21 Å². The highest BCUT2D eigenvalue weighted by atomic mass is 16.3. The van der Waals surface area contributed by atoms with E-state index >= 15 is 0 Å². The Morgan fingerprint density at radius 2 is 2.19 bits per heavy atom. The fourth-order valence-electron chi connectivity index (χ4n) is 3.36. The summed E-state index contributed by atoms with van der Waals surface area (Å²) in [5.74, 6) is 0.262. The molecule has 0 aromatic carbocycles. The zero-order chi connectivity index (χ0) is 17.9. The molecule has 0 saturated carbocycles. The summed E-state index contributed by atoms with van der Waals surface area (Å²) < 4.78 is 7.09. The molecule has 0 bridgehead atoms. The summed E-state index contributed by atoms with van der Waals surface area (Å²) in [4.78, 5) is 27.9. The molecule has 134 valence electrons. The summed E-state index contributed by atoms with van der Waals surface area (Å²) in [6, 6.07) is 3.69. The number of carbonyl (C=O) groups is 1. The van der Waals surface area contributed by atoms with E-state index in [1.165, 1.54) is 0 Å². The predicted molar refractivity (Wildman–Crippen MR) is 92.6 cm³/mol. The smallest absolute Gasteiger partial charge is 0.230 e. The van der Waals surface area contributed by atoms with Crippen LogP contribution in [0.4, 0.5) is 0 Å². The lowest BCUT2D eigenvalue weighted by Gasteiger charge is -2.31. The minimum absolute atomic E-state index is 0.0424. The highest BCUT2D eigenvalue weighted by Gasteiger charge is 2.33. The predicted octanol–water partition coefficient (Wildman–Crippen LogP) is 1.22. The number of nitrogens with zero attached hydrogens (tertiary/aromatic N) is 5. The number of furan rings is 1. The summed E-state index contributed by atoms with van der Waals surface area (Å²) in [6.07, 6.45) is 8.50. The van der Waals surface area contributed by atoms with Crippen LogP contribution >= 0.6 is 0 Å². The first-order chi connectivity index (χ1) is 12.7. The van der Waals surface area contributed by atoms with Crippen LogP contribution in [-0.4, -0.2) is 36.9 Å². The van der Waals surface area contributed by atoms with Crippen molar-refractivity contribution in [1.82, 2.24) is 29.7 Å². The largest absolute Gasteiger partial charge is 0.472 e. The number of imidazole rings is 1. The number of aryl methyl sites for hydroxylation is 1. The number of hydrogen-bond acceptors (Lipinski definition) is 6. The van der Waals surface area contributed by atoms with Crippen molar-refractivity contribution in [3.05, 3.63) is 66.2 Å². The van der Waals surface area contributed by atoms with E-state index in [1.807, 2.05) is 17.7 Å². The molecule has 3 aromatic rings. The van der Waals surface area contributed by atoms with Gasteiger partial charge in [-0.15, -0.1) is 0 Å². The fourth-order valence-corrected chi connectivity index (χ4v) is 3.36. The first-order valence-electron chi connectivity index (χ1n) is 8.48. The summed E-state index contributed by atoms with van der Waals surface area (Å²) in [6.45, 7) is 2.37. The maximum atomic E-state index is 12.9. The summed E-state index contributed by atoms with van der Waals surface area (Å²) in [5, 5.41) is 2.96. The van der Waals surface area contributed by atoms with Crippen LogP contribution in [0.25, 0.3) is 0 Å². The molecule has 1 aliphatic rings. The molecule has 0 aliphatic carbocycles. The van der Waals surface area contributed by atoms with Crippen LogP contribution in [0, 0.1) is 0 Å². The van der Waals surface area contributed by atoms with Gasteiger partial charge in [-0.1, -0.05) is 0 Å². The van der Waals surface area contributed by atoms with Gasteiger partial charge in [0.25, 0.3) is 0 Å². The molecule has 1 N–H and O–H groups in total. The average molecular weight is 352 g/mol. The number of carbonyl (C=O) groups excluding carboxylic acids is 1. The monoisotopic (exact) mass is 352 g/mol. The van der Waals surface area contributed by atoms with Crippen molar-refractivity contribution >= 4 is 5.91 Å². The van der Waals surface area contributed by atoms with Crippen LogP contribution in [0.15, 0.2) is 47.8 Å². The Labute approximate surface area is 150 Å². The Morgan fingerprint density at radius 1 is 1.35 bits per heavy atom. The number of aromatic nitrogens is 4. The standard InChI is InChI=1S/C18H20N6O2/c1-23-12-22-15-10-24(8-13-3-6-26-11-13)9-14(17(15)23)18(25)21-7-16-19-4-2-5-20-16/h2-6,11-12,14H,7-10H2,1H3,(H,21,25)/t14-/m1/s1. The van der Waals surface area contributed by atoms with Crippen LogP contribution in [0.3, 0.4) is 0 Å². The van der Waals surface area contributed by atoms with Gasteiger partial charge in [-0.2, -0.15) is 0 Å². The molecule has 0 spiro atoms. The average Bonchev–Trinajstić information content (AvgIpc) is 3.30. The van der Waals surface area contributed by atoms with Gasteiger partial charge in [-0.3, -0.25) is 9.69 Å². The Bertz CT molecular complexity index is 874. The van der Waals surface area contributed by atoms with Gasteiger partial charge in [-0.05, 0) is 12.1 Å². The SMILES string of the molecule is Cn1cnc2c1[C@H](C(=O)NCc1ncccn1)CN(Cc1ccoc1)C2. The number of nitrogens with one attached hydrogen (secondary N) is 1. The van der Waals surface area contributed by atoms with Gasteiger partial charge in [0.05, 0.1) is 42.7 Å². The Balaban J connectivity index is 1.50. The molecule has 8 heteroatoms. The van der Waals surface area contributed by atoms with Gasteiger partial charge in [0.15, 0.2) is 0 Å². The molecule has 3 aromatic heterocycles. The molecule has 0 unspecified atom stereocenters. The second-order valence-electron chi connectivity index (χ2n) is 6.42. The summed E-state index contributed by atoms with van der Waals surface area (Å²) in [5.41, 5.74) is 3.00. The van der Waals surface area contributed by atoms with Gasteiger partial charge in [0, 0.05) is 44.6 Å². The van der Waals surface area contributed by atoms with Crippen LogP contribution in [0.1, 0.15) is 28.7 Å². The minimum Gasteiger partial charge on any atom is -0.472 e. The van der Waals surface area contributed by atoms with Crippen molar-refractivity contribution in [2.45, 2.75) is 25.6 Å². The highest BCUT2D eigenvalue weighted by Crippen LogP contribution is 2.28. The Kier molecular flexibility index (Phi) is 4.49. The van der Waals surface area contributed by atoms with E-state index in [-0.39, 0.29) is 11.8 Å². The molecular weight excluding hydrogens is 332 g/mol. The molecule has 0 saturated heterocycles. The van der Waals surface area contributed by atoms with Gasteiger partial charge in [0.1, 0.15) is 5.82 Å². The van der Waals surface area contributed by atoms with Crippen LogP contribution in [0.5, 0.6) is 0 Å². The van der Waals surface area contributed by atoms with Crippen molar-refractivity contribution in [2.24, 2.45) is 7.05 Å². The van der Waals surface area contributed by atoms with E-state index in [0.717, 1.165) is 23.5 Å². The highest BCUT2D eigenvalue weighted by molar-refractivity contribution is 5.84. The Morgan fingerprint density at radius 3 is 2.96 bits per heavy atom. The van der Waals surface area contributed by atoms with E-state index < -0.39 is 0 Å². The van der Waals surface area contributed by atoms with Crippen LogP contribution < -0.4 is 5.32 Å². The lowest BCUT2D eigenvalue weighted by Crippen LogP contribution is -2.41. The Hall–Kier alpha value is -3.00. The third-order valence-electron chi connectivity index (χ3n) is 4.55. The van der Waals surface area contributed by atoms with Crippen molar-refractivity contribution in [3.8, 4) is 0 Å². The van der Waals surface area contributed by atoms with Crippen LogP contribution in [0.2, 0.25) is 0 Å². The zero-order valence-electron chi connectivity index (χ0n) is 14.5. The summed E-state index contributed by atoms with van der Waals surface area (Å²) >= 11 is 0. The molecule has 0 radical (unpaired) electrons. The molecular formula is C18H20N6O2. The lowest BCUT2D eigenvalue weighted by molar-refractivity contribution is -0.123. The van der Waals surface area contributed by atoms with E-state index in [4.69, 9.17) is 4.42 Å². The van der Waals surface area contributed by atoms with E-state index in [0.29, 0.717) is 25.5 Å². The molecule has 1 amide bonds. The molecule has 26 heavy (non-hydrogen) atoms. The topological polar surface area (TPSA) is 89.1 Å². The molecule has 8 nitrogen and oxygen atoms in total. The van der Waals surface area contributed by atoms with Crippen molar-refractivity contribution in [3.63, 3.8) is 0 Å². The van der Waals surface area contributed by atoms with E-state index in [2.05, 4.69) is 25.2 Å². The third-order valence-corrected chi connectivity index (χ3v) is 4.55. The zero-order valence-corrected chi connectivity index (χ0v) is 14.5. The molecule has 4 heterocycles. The van der Waals surface area contributed by atoms with Gasteiger partial charge in [0.2, 0.25) is 5.91 Å². The van der Waals surface area contributed by atoms with Gasteiger partial charge >= 0.3 is 0 Å². The maximum absolute atomic E-state index is 12.9. The minimum atomic E-state index is -0.290. The number of hydrogen-bond donors (Lipinski definition) is 1. The maximum Gasteiger partial charge on any atom is 0.230 e. The van der Waals surface area contributed by atoms with E-state index in [1.54, 1.807) is 37.3 Å². The van der Waals surface area contributed by atoms with Gasteiger partial charge < -0.3 is 14.3 Å². The van der Waals surface area contributed by atoms with Gasteiger partial charge in [-0.25, -0.2) is 15.0 Å². The molecule has 1 atom stereocenters. The normalized spacial score (nSPS) is 17.0. The first-order valence-corrected chi connectivity index (χ1v) is 8.48. The number of fused-ring (bicyclic) bond motifs is 1. The third kappa shape index (κ3) is 3.36. The summed E-state index contributed by atoms with van der Waals surface area (Å²) in [7, 11) is 1.93. The van der Waals surface area contributed by atoms with E-state index in [9.17, 15) is 4.79 Å². The molecule has 1 aliphatic heterocycles.